The number of anilines is 6. The number of hydrogen-bond acceptors (Lipinski definition) is 6. The van der Waals surface area contributed by atoms with E-state index in [0.717, 1.165) is 17.1 Å². The Labute approximate surface area is 255 Å². The van der Waals surface area contributed by atoms with Crippen molar-refractivity contribution in [2.75, 3.05) is 114 Å². The quantitative estimate of drug-likeness (QED) is 0.208. The van der Waals surface area contributed by atoms with Crippen LogP contribution < -0.4 is 45.0 Å². The third-order valence-corrected chi connectivity index (χ3v) is 13.6. The maximum Gasteiger partial charge on any atom is 0.254 e. The number of halogens is 1. The minimum Gasteiger partial charge on any atom is -0.378 e. The van der Waals surface area contributed by atoms with Gasteiger partial charge in [-0.15, -0.1) is 11.1 Å². The van der Waals surface area contributed by atoms with Crippen molar-refractivity contribution in [3.63, 3.8) is 0 Å². The van der Waals surface area contributed by atoms with Gasteiger partial charge in [-0.1, -0.05) is 0 Å². The van der Waals surface area contributed by atoms with Gasteiger partial charge in [0.15, 0.2) is 0 Å². The Bertz CT molecular complexity index is 1240. The van der Waals surface area contributed by atoms with Crippen LogP contribution in [0.1, 0.15) is 16.7 Å². The van der Waals surface area contributed by atoms with Crippen LogP contribution in [0.15, 0.2) is 36.4 Å². The minimum atomic E-state index is -3.21. The van der Waals surface area contributed by atoms with E-state index in [-0.39, 0.29) is 0 Å². The summed E-state index contributed by atoms with van der Waals surface area (Å²) in [7, 11) is 22.2. The average Bonchev–Trinajstić information content (AvgIpc) is 2.86. The van der Waals surface area contributed by atoms with Gasteiger partial charge in [-0.25, -0.2) is 0 Å². The van der Waals surface area contributed by atoms with Crippen LogP contribution in [0.2, 0.25) is 0 Å². The molecule has 0 atom stereocenters. The third kappa shape index (κ3) is 5.98. The van der Waals surface area contributed by atoms with E-state index in [4.69, 9.17) is 11.1 Å². The Kier molecular flexibility index (Phi) is 9.56. The predicted molar refractivity (Wildman–Crippen MR) is 190 cm³/mol. The zero-order valence-corrected chi connectivity index (χ0v) is 29.8. The Morgan fingerprint density at radius 3 is 0.780 bits per heavy atom. The van der Waals surface area contributed by atoms with E-state index in [0.29, 0.717) is 0 Å². The lowest BCUT2D eigenvalue weighted by Crippen LogP contribution is -2.67. The molecule has 41 heavy (non-hydrogen) atoms. The van der Waals surface area contributed by atoms with Crippen LogP contribution in [-0.2, 0) is 0 Å². The molecule has 0 radical (unpaired) electrons. The van der Waals surface area contributed by atoms with Crippen molar-refractivity contribution in [3.05, 3.63) is 53.1 Å². The summed E-state index contributed by atoms with van der Waals surface area (Å²) in [5.41, 5.74) is 10.6. The van der Waals surface area contributed by atoms with Gasteiger partial charge < -0.3 is 29.4 Å². The van der Waals surface area contributed by atoms with E-state index < -0.39 is 7.38 Å². The van der Waals surface area contributed by atoms with Crippen LogP contribution in [-0.4, -0.2) is 92.0 Å². The first kappa shape index (κ1) is 32.5. The Morgan fingerprint density at radius 2 is 0.610 bits per heavy atom. The number of benzene rings is 3. The van der Waals surface area contributed by atoms with E-state index in [1.54, 1.807) is 0 Å². The van der Waals surface area contributed by atoms with Gasteiger partial charge in [0.1, 0.15) is 0 Å². The molecule has 0 unspecified atom stereocenters. The summed E-state index contributed by atoms with van der Waals surface area (Å²) >= 11 is 8.59. The second-order valence-electron chi connectivity index (χ2n) is 12.5. The van der Waals surface area contributed by atoms with Gasteiger partial charge in [0.2, 0.25) is 0 Å². The summed E-state index contributed by atoms with van der Waals surface area (Å²) in [4.78, 5) is 13.2. The van der Waals surface area contributed by atoms with Crippen LogP contribution in [0.25, 0.3) is 0 Å². The third-order valence-electron chi connectivity index (χ3n) is 7.93. The zero-order valence-electron chi connectivity index (χ0n) is 28.0. The Morgan fingerprint density at radius 1 is 0.390 bits per heavy atom. The molecule has 0 amide bonds. The maximum atomic E-state index is 8.59. The summed E-state index contributed by atoms with van der Waals surface area (Å²) in [5, 5.41) is 3.71. The van der Waals surface area contributed by atoms with Gasteiger partial charge in [0.05, 0.1) is 0 Å². The van der Waals surface area contributed by atoms with Crippen molar-refractivity contribution < 1.29 is 0 Å². The SMILES string of the molecule is Cc1cc(N(C)C)cc(N(C)C)c1[Si](Cl)(c1c(C)cc(N(C)C)cc1N(C)C)c1c(C)cc(N(C)C)cc1N(C)C. The molecule has 0 aliphatic carbocycles. The van der Waals surface area contributed by atoms with Gasteiger partial charge in [0, 0.05) is 119 Å². The summed E-state index contributed by atoms with van der Waals surface area (Å²) in [6.45, 7) is 6.70. The monoisotopic (exact) mass is 594 g/mol. The molecule has 0 fully saturated rings. The van der Waals surface area contributed by atoms with Crippen molar-refractivity contribution in [1.82, 2.24) is 0 Å². The lowest BCUT2D eigenvalue weighted by Gasteiger charge is -2.39. The maximum absolute atomic E-state index is 8.59. The van der Waals surface area contributed by atoms with Gasteiger partial charge in [-0.2, -0.15) is 0 Å². The molecule has 224 valence electrons. The molecule has 0 saturated carbocycles. The fraction of sp³-hybridized carbons (Fsp3) is 0.455. The standard InChI is InChI=1S/C33H51ClN6Si/c1-22-16-25(35(4)5)19-28(38(10)11)31(22)41(34,32-23(2)17-26(36(6)7)20-29(32)39(12)13)33-24(3)18-27(37(8)9)21-30(33)40(14)15/h16-21H,1-15H3. The molecule has 0 aromatic heterocycles. The van der Waals surface area contributed by atoms with Crippen LogP contribution >= 0.6 is 11.1 Å². The first-order chi connectivity index (χ1) is 18.9. The smallest absolute Gasteiger partial charge is 0.254 e. The molecule has 0 N–H and O–H groups in total. The molecule has 8 heteroatoms. The fourth-order valence-electron chi connectivity index (χ4n) is 5.80. The normalized spacial score (nSPS) is 11.4. The van der Waals surface area contributed by atoms with Crippen molar-refractivity contribution in [2.45, 2.75) is 20.8 Å². The van der Waals surface area contributed by atoms with Crippen molar-refractivity contribution in [2.24, 2.45) is 0 Å². The highest BCUT2D eigenvalue weighted by atomic mass is 35.6. The van der Waals surface area contributed by atoms with Crippen molar-refractivity contribution >= 4 is 68.1 Å². The molecule has 0 bridgehead atoms. The predicted octanol–water partition coefficient (Wildman–Crippen LogP) is 4.21. The molecule has 0 aliphatic heterocycles. The second-order valence-corrected chi connectivity index (χ2v) is 17.0. The molecular formula is C33H51ClN6Si. The van der Waals surface area contributed by atoms with Crippen LogP contribution in [0.3, 0.4) is 0 Å². The lowest BCUT2D eigenvalue weighted by molar-refractivity contribution is 1.10. The fourth-order valence-corrected chi connectivity index (χ4v) is 12.6. The Balaban J connectivity index is 2.71. The van der Waals surface area contributed by atoms with E-state index in [9.17, 15) is 0 Å². The number of rotatable bonds is 9. The minimum absolute atomic E-state index is 1.16. The number of hydrogen-bond donors (Lipinski definition) is 0. The molecule has 3 aromatic rings. The first-order valence-electron chi connectivity index (χ1n) is 14.1. The largest absolute Gasteiger partial charge is 0.378 e. The average molecular weight is 595 g/mol. The van der Waals surface area contributed by atoms with Gasteiger partial charge in [-0.05, 0) is 89.4 Å². The molecule has 3 rings (SSSR count). The number of aryl methyl sites for hydroxylation is 3. The molecule has 0 aliphatic rings. The second kappa shape index (κ2) is 12.1. The molecular weight excluding hydrogens is 544 g/mol. The summed E-state index contributed by atoms with van der Waals surface area (Å²) in [6.07, 6.45) is 0. The molecule has 0 saturated heterocycles. The molecule has 3 aromatic carbocycles. The highest BCUT2D eigenvalue weighted by molar-refractivity contribution is 7.42. The highest BCUT2D eigenvalue weighted by Gasteiger charge is 2.47. The zero-order chi connectivity index (χ0) is 31.1. The summed E-state index contributed by atoms with van der Waals surface area (Å²) in [6, 6.07) is 13.8. The van der Waals surface area contributed by atoms with Crippen LogP contribution in [0.5, 0.6) is 0 Å². The first-order valence-corrected chi connectivity index (χ1v) is 17.1. The van der Waals surface area contributed by atoms with Crippen LogP contribution in [0, 0.1) is 20.8 Å². The van der Waals surface area contributed by atoms with E-state index in [2.05, 4.69) is 171 Å². The van der Waals surface area contributed by atoms with Crippen molar-refractivity contribution in [1.29, 1.82) is 0 Å². The Hall–Kier alpha value is -3.03. The summed E-state index contributed by atoms with van der Waals surface area (Å²) < 4.78 is 0. The molecule has 6 nitrogen and oxygen atoms in total. The van der Waals surface area contributed by atoms with Gasteiger partial charge in [0.25, 0.3) is 7.38 Å². The summed E-state index contributed by atoms with van der Waals surface area (Å²) in [5.74, 6) is 0. The van der Waals surface area contributed by atoms with Gasteiger partial charge >= 0.3 is 0 Å². The highest BCUT2D eigenvalue weighted by Crippen LogP contribution is 2.34. The van der Waals surface area contributed by atoms with E-state index in [1.165, 1.54) is 49.3 Å². The van der Waals surface area contributed by atoms with E-state index >= 15 is 0 Å². The van der Waals surface area contributed by atoms with E-state index in [1.807, 2.05) is 0 Å². The topological polar surface area (TPSA) is 19.4 Å². The van der Waals surface area contributed by atoms with Gasteiger partial charge in [-0.3, -0.25) is 0 Å². The van der Waals surface area contributed by atoms with Crippen LogP contribution in [0.4, 0.5) is 34.1 Å². The molecule has 0 spiro atoms. The number of nitrogens with zero attached hydrogens (tertiary/aromatic N) is 6. The lowest BCUT2D eigenvalue weighted by atomic mass is 10.1. The van der Waals surface area contributed by atoms with Crippen molar-refractivity contribution in [3.8, 4) is 0 Å². The molecule has 0 heterocycles.